The minimum atomic E-state index is -2.48. The lowest BCUT2D eigenvalue weighted by molar-refractivity contribution is -0.121. The van der Waals surface area contributed by atoms with Gasteiger partial charge in [-0.3, -0.25) is 13.4 Å². The Morgan fingerprint density at radius 3 is 2.62 bits per heavy atom. The summed E-state index contributed by atoms with van der Waals surface area (Å²) in [6, 6.07) is 0. The molecule has 2 nitrogen and oxygen atoms in total. The molecule has 0 aromatic carbocycles. The van der Waals surface area contributed by atoms with Crippen molar-refractivity contribution in [3.63, 3.8) is 0 Å². The predicted molar refractivity (Wildman–Crippen MR) is 49.4 cm³/mol. The highest BCUT2D eigenvalue weighted by molar-refractivity contribution is 6.45. The maximum atomic E-state index is 12.3. The minimum Gasteiger partial charge on any atom is -0.354 e. The molecule has 0 saturated heterocycles. The second-order valence-electron chi connectivity index (χ2n) is 2.86. The van der Waals surface area contributed by atoms with Crippen LogP contribution in [-0.4, -0.2) is 19.1 Å². The van der Waals surface area contributed by atoms with Crippen molar-refractivity contribution >= 4 is 13.2 Å². The Hall–Kier alpha value is -0.605. The normalized spacial score (nSPS) is 12.3. The van der Waals surface area contributed by atoms with Crippen LogP contribution in [0.4, 0.5) is 8.63 Å². The molecule has 0 fully saturated rings. The Morgan fingerprint density at radius 2 is 2.23 bits per heavy atom. The molecule has 0 aromatic rings. The fourth-order valence-corrected chi connectivity index (χ4v) is 0.934. The van der Waals surface area contributed by atoms with Crippen LogP contribution in [0.2, 0.25) is 0 Å². The smallest absolute Gasteiger partial charge is 0.354 e. The van der Waals surface area contributed by atoms with E-state index in [1.165, 1.54) is 0 Å². The Kier molecular flexibility index (Phi) is 6.54. The molecular formula is C8H15BF2NO. The fraction of sp³-hybridized carbons (Fsp3) is 0.750. The summed E-state index contributed by atoms with van der Waals surface area (Å²) < 4.78 is 24.6. The number of carbonyl (C=O) groups is 1. The first-order valence-corrected chi connectivity index (χ1v) is 4.48. The summed E-state index contributed by atoms with van der Waals surface area (Å²) in [5.41, 5.74) is 0. The van der Waals surface area contributed by atoms with E-state index >= 15 is 0 Å². The molecule has 0 aliphatic rings. The highest BCUT2D eigenvalue weighted by Gasteiger charge is 2.27. The monoisotopic (exact) mass is 190 g/mol. The molecule has 5 heteroatoms. The molecular weight excluding hydrogens is 175 g/mol. The van der Waals surface area contributed by atoms with Crippen molar-refractivity contribution in [1.82, 2.24) is 5.32 Å². The molecule has 75 valence electrons. The first-order valence-electron chi connectivity index (χ1n) is 4.48. The lowest BCUT2D eigenvalue weighted by Crippen LogP contribution is -2.42. The molecule has 1 unspecified atom stereocenters. The van der Waals surface area contributed by atoms with Crippen LogP contribution in [0.25, 0.3) is 0 Å². The number of hydrogen-bond acceptors (Lipinski definition) is 1. The molecule has 0 aliphatic carbocycles. The fourth-order valence-electron chi connectivity index (χ4n) is 0.934. The molecule has 0 aromatic heterocycles. The van der Waals surface area contributed by atoms with Gasteiger partial charge in [-0.2, -0.15) is 0 Å². The number of nitrogens with one attached hydrogen (secondary N) is 1. The Bertz CT molecular complexity index is 155. The van der Waals surface area contributed by atoms with Gasteiger partial charge in [-0.1, -0.05) is 26.7 Å². The molecule has 0 spiro atoms. The third-order valence-electron chi connectivity index (χ3n) is 1.74. The van der Waals surface area contributed by atoms with Crippen LogP contribution < -0.4 is 5.32 Å². The molecule has 0 saturated carbocycles. The highest BCUT2D eigenvalue weighted by Crippen LogP contribution is 2.06. The number of amides is 1. The van der Waals surface area contributed by atoms with Crippen LogP contribution in [-0.2, 0) is 4.79 Å². The molecule has 1 amide bonds. The number of hydrogen-bond donors (Lipinski definition) is 1. The van der Waals surface area contributed by atoms with Crippen LogP contribution >= 0.6 is 0 Å². The van der Waals surface area contributed by atoms with E-state index in [0.29, 0.717) is 19.3 Å². The summed E-state index contributed by atoms with van der Waals surface area (Å²) in [4.78, 5) is 10.8. The van der Waals surface area contributed by atoms with Gasteiger partial charge < -0.3 is 5.32 Å². The first-order chi connectivity index (χ1) is 6.11. The second kappa shape index (κ2) is 6.86. The van der Waals surface area contributed by atoms with Crippen molar-refractivity contribution in [3.05, 3.63) is 6.92 Å². The molecule has 13 heavy (non-hydrogen) atoms. The van der Waals surface area contributed by atoms with Crippen LogP contribution in [0, 0.1) is 6.92 Å². The lowest BCUT2D eigenvalue weighted by Gasteiger charge is -2.14. The zero-order chi connectivity index (χ0) is 10.3. The summed E-state index contributed by atoms with van der Waals surface area (Å²) in [6.07, 6.45) is 1.77. The maximum Gasteiger partial charge on any atom is 0.559 e. The van der Waals surface area contributed by atoms with E-state index in [4.69, 9.17) is 0 Å². The SMILES string of the molecule is [CH2]CCCC(NC(=O)CC)B(F)F. The summed E-state index contributed by atoms with van der Waals surface area (Å²) >= 11 is 0. The molecule has 0 heterocycles. The number of halogens is 2. The average Bonchev–Trinajstić information content (AvgIpc) is 2.11. The van der Waals surface area contributed by atoms with Crippen molar-refractivity contribution in [3.8, 4) is 0 Å². The van der Waals surface area contributed by atoms with E-state index in [-0.39, 0.29) is 12.3 Å². The first kappa shape index (κ1) is 12.4. The molecule has 0 bridgehead atoms. The van der Waals surface area contributed by atoms with E-state index in [1.54, 1.807) is 6.92 Å². The minimum absolute atomic E-state index is 0.244. The Balaban J connectivity index is 3.87. The summed E-state index contributed by atoms with van der Waals surface area (Å²) in [7, 11) is -2.48. The quantitative estimate of drug-likeness (QED) is 0.636. The third kappa shape index (κ3) is 5.61. The molecule has 1 N–H and O–H groups in total. The lowest BCUT2D eigenvalue weighted by atomic mass is 9.82. The third-order valence-corrected chi connectivity index (χ3v) is 1.74. The molecule has 1 atom stereocenters. The van der Waals surface area contributed by atoms with Crippen molar-refractivity contribution in [1.29, 1.82) is 0 Å². The molecule has 1 radical (unpaired) electrons. The zero-order valence-corrected chi connectivity index (χ0v) is 7.85. The van der Waals surface area contributed by atoms with Crippen LogP contribution in [0.1, 0.15) is 32.6 Å². The maximum absolute atomic E-state index is 12.3. The molecule has 0 aliphatic heterocycles. The van der Waals surface area contributed by atoms with Crippen LogP contribution in [0.3, 0.4) is 0 Å². The van der Waals surface area contributed by atoms with Gasteiger partial charge in [0.1, 0.15) is 0 Å². The van der Waals surface area contributed by atoms with E-state index < -0.39 is 13.2 Å². The number of unbranched alkanes of at least 4 members (excludes halogenated alkanes) is 1. The summed E-state index contributed by atoms with van der Waals surface area (Å²) in [5, 5.41) is 2.28. The summed E-state index contributed by atoms with van der Waals surface area (Å²) in [5.74, 6) is -1.33. The van der Waals surface area contributed by atoms with Gasteiger partial charge in [0.25, 0.3) is 0 Å². The second-order valence-corrected chi connectivity index (χ2v) is 2.86. The van der Waals surface area contributed by atoms with Gasteiger partial charge in [-0.05, 0) is 6.42 Å². The van der Waals surface area contributed by atoms with E-state index in [0.717, 1.165) is 0 Å². The largest absolute Gasteiger partial charge is 0.559 e. The van der Waals surface area contributed by atoms with Gasteiger partial charge in [0, 0.05) is 6.42 Å². The van der Waals surface area contributed by atoms with Crippen LogP contribution in [0.5, 0.6) is 0 Å². The standard InChI is InChI=1S/C8H15BF2NO/c1-3-5-6-7(9(10)11)12-8(13)4-2/h7H,1,3-6H2,2H3,(H,12,13). The van der Waals surface area contributed by atoms with Crippen molar-refractivity contribution in [2.24, 2.45) is 0 Å². The van der Waals surface area contributed by atoms with Crippen molar-refractivity contribution in [2.45, 2.75) is 38.5 Å². The van der Waals surface area contributed by atoms with Gasteiger partial charge in [0.2, 0.25) is 5.91 Å². The van der Waals surface area contributed by atoms with Crippen molar-refractivity contribution in [2.75, 3.05) is 0 Å². The van der Waals surface area contributed by atoms with Crippen LogP contribution in [0.15, 0.2) is 0 Å². The van der Waals surface area contributed by atoms with Gasteiger partial charge in [0.15, 0.2) is 0 Å². The highest BCUT2D eigenvalue weighted by atomic mass is 19.2. The number of carbonyl (C=O) groups excluding carboxylic acids is 1. The van der Waals surface area contributed by atoms with Gasteiger partial charge in [-0.15, -0.1) is 0 Å². The van der Waals surface area contributed by atoms with E-state index in [1.807, 2.05) is 0 Å². The topological polar surface area (TPSA) is 29.1 Å². The predicted octanol–water partition coefficient (Wildman–Crippen LogP) is 1.85. The average molecular weight is 190 g/mol. The van der Waals surface area contributed by atoms with Gasteiger partial charge in [0.05, 0.1) is 5.94 Å². The Labute approximate surface area is 78.3 Å². The number of rotatable bonds is 6. The van der Waals surface area contributed by atoms with E-state index in [9.17, 15) is 13.4 Å². The Morgan fingerprint density at radius 1 is 1.62 bits per heavy atom. The van der Waals surface area contributed by atoms with E-state index in [2.05, 4.69) is 12.2 Å². The van der Waals surface area contributed by atoms with Gasteiger partial charge >= 0.3 is 7.27 Å². The van der Waals surface area contributed by atoms with Gasteiger partial charge in [-0.25, -0.2) is 0 Å². The summed E-state index contributed by atoms with van der Waals surface area (Å²) in [6.45, 7) is 5.20. The zero-order valence-electron chi connectivity index (χ0n) is 7.85. The van der Waals surface area contributed by atoms with Crippen molar-refractivity contribution < 1.29 is 13.4 Å². The molecule has 0 rings (SSSR count).